The first kappa shape index (κ1) is 12.3. The first-order valence-corrected chi connectivity index (χ1v) is 6.29. The molecule has 0 radical (unpaired) electrons. The molecule has 1 aliphatic carbocycles. The molecular weight excluding hydrogens is 284 g/mol. The Morgan fingerprint density at radius 3 is 2.88 bits per heavy atom. The van der Waals surface area contributed by atoms with Crippen LogP contribution in [-0.4, -0.2) is 22.7 Å². The molecule has 4 heteroatoms. The molecule has 0 bridgehead atoms. The summed E-state index contributed by atoms with van der Waals surface area (Å²) in [5, 5.41) is 0. The average molecular weight is 297 g/mol. The second-order valence-electron chi connectivity index (χ2n) is 4.30. The molecule has 0 N–H and O–H groups in total. The zero-order chi connectivity index (χ0) is 12.6. The van der Waals surface area contributed by atoms with Crippen molar-refractivity contribution in [3.05, 3.63) is 34.9 Å². The molecule has 17 heavy (non-hydrogen) atoms. The van der Waals surface area contributed by atoms with Crippen molar-refractivity contribution in [3.8, 4) is 0 Å². The Morgan fingerprint density at radius 2 is 2.24 bits per heavy atom. The van der Waals surface area contributed by atoms with Crippen molar-refractivity contribution in [2.45, 2.75) is 24.6 Å². The average Bonchev–Trinajstić information content (AvgIpc) is 2.49. The number of hydrogen-bond donors (Lipinski definition) is 0. The van der Waals surface area contributed by atoms with E-state index in [1.54, 1.807) is 25.1 Å². The van der Waals surface area contributed by atoms with Gasteiger partial charge in [0.25, 0.3) is 0 Å². The van der Waals surface area contributed by atoms with Crippen LogP contribution in [0.4, 0.5) is 0 Å². The molecular formula is C13H13BrO3. The molecule has 90 valence electrons. The van der Waals surface area contributed by atoms with E-state index in [1.807, 2.05) is 6.92 Å². The molecule has 1 aromatic rings. The van der Waals surface area contributed by atoms with Crippen molar-refractivity contribution >= 4 is 27.7 Å². The van der Waals surface area contributed by atoms with Crippen LogP contribution < -0.4 is 0 Å². The zero-order valence-corrected chi connectivity index (χ0v) is 11.3. The molecule has 3 nitrogen and oxygen atoms in total. The fourth-order valence-electron chi connectivity index (χ4n) is 2.02. The zero-order valence-electron chi connectivity index (χ0n) is 9.75. The van der Waals surface area contributed by atoms with Crippen molar-refractivity contribution in [2.75, 3.05) is 6.61 Å². The summed E-state index contributed by atoms with van der Waals surface area (Å²) in [4.78, 5) is 23.5. The minimum Gasteiger partial charge on any atom is -0.462 e. The van der Waals surface area contributed by atoms with Crippen LogP contribution in [0.3, 0.4) is 0 Å². The van der Waals surface area contributed by atoms with Crippen molar-refractivity contribution in [3.63, 3.8) is 0 Å². The van der Waals surface area contributed by atoms with E-state index in [1.165, 1.54) is 0 Å². The predicted octanol–water partition coefficient (Wildman–Crippen LogP) is 2.76. The maximum absolute atomic E-state index is 12.0. The van der Waals surface area contributed by atoms with Gasteiger partial charge in [-0.2, -0.15) is 0 Å². The summed E-state index contributed by atoms with van der Waals surface area (Å²) in [6, 6.07) is 5.09. The molecule has 0 saturated heterocycles. The number of hydrogen-bond acceptors (Lipinski definition) is 3. The van der Waals surface area contributed by atoms with Gasteiger partial charge < -0.3 is 4.74 Å². The highest BCUT2D eigenvalue weighted by Gasteiger charge is 2.39. The molecule has 0 aliphatic heterocycles. The number of esters is 1. The Morgan fingerprint density at radius 1 is 1.53 bits per heavy atom. The Kier molecular flexibility index (Phi) is 3.08. The van der Waals surface area contributed by atoms with Gasteiger partial charge in [0.15, 0.2) is 5.78 Å². The Labute approximate surface area is 108 Å². The van der Waals surface area contributed by atoms with E-state index in [0.29, 0.717) is 24.2 Å². The smallest absolute Gasteiger partial charge is 0.338 e. The number of ether oxygens (including phenoxy) is 1. The fraction of sp³-hybridized carbons (Fsp3) is 0.385. The summed E-state index contributed by atoms with van der Waals surface area (Å²) in [7, 11) is 0. The van der Waals surface area contributed by atoms with Gasteiger partial charge in [0.2, 0.25) is 0 Å². The highest BCUT2D eigenvalue weighted by Crippen LogP contribution is 2.36. The van der Waals surface area contributed by atoms with Crippen LogP contribution in [0.25, 0.3) is 0 Å². The number of carbonyl (C=O) groups excluding carboxylic acids is 2. The van der Waals surface area contributed by atoms with Crippen LogP contribution in [0.15, 0.2) is 18.2 Å². The number of ketones is 1. The maximum atomic E-state index is 12.0. The molecule has 0 aromatic heterocycles. The van der Waals surface area contributed by atoms with Crippen LogP contribution in [0.2, 0.25) is 0 Å². The summed E-state index contributed by atoms with van der Waals surface area (Å²) in [6.07, 6.45) is 0.606. The predicted molar refractivity (Wildman–Crippen MR) is 67.8 cm³/mol. The summed E-state index contributed by atoms with van der Waals surface area (Å²) in [5.74, 6) is -0.270. The molecule has 0 saturated carbocycles. The van der Waals surface area contributed by atoms with Crippen molar-refractivity contribution in [2.24, 2.45) is 0 Å². The molecule has 1 atom stereocenters. The van der Waals surface area contributed by atoms with Crippen molar-refractivity contribution in [1.82, 2.24) is 0 Å². The number of fused-ring (bicyclic) bond motifs is 1. The lowest BCUT2D eigenvalue weighted by atomic mass is 10.1. The van der Waals surface area contributed by atoms with E-state index in [-0.39, 0.29) is 11.8 Å². The Hall–Kier alpha value is -1.16. The van der Waals surface area contributed by atoms with Gasteiger partial charge in [-0.05, 0) is 38.0 Å². The van der Waals surface area contributed by atoms with Gasteiger partial charge in [-0.15, -0.1) is 0 Å². The standard InChI is InChI=1S/C13H13BrO3/c1-3-17-12(16)8-4-5-10-9(6-8)7-13(2,14)11(10)15/h4-6H,3,7H2,1-2H3. The normalized spacial score (nSPS) is 22.4. The Balaban J connectivity index is 2.36. The molecule has 1 aromatic carbocycles. The number of halogens is 1. The van der Waals surface area contributed by atoms with Crippen molar-refractivity contribution in [1.29, 1.82) is 0 Å². The van der Waals surface area contributed by atoms with Crippen LogP contribution in [0.1, 0.15) is 40.1 Å². The maximum Gasteiger partial charge on any atom is 0.338 e. The van der Waals surface area contributed by atoms with E-state index in [4.69, 9.17) is 4.74 Å². The fourth-order valence-corrected chi connectivity index (χ4v) is 2.54. The summed E-state index contributed by atoms with van der Waals surface area (Å²) < 4.78 is 4.39. The summed E-state index contributed by atoms with van der Waals surface area (Å²) in [6.45, 7) is 3.97. The van der Waals surface area contributed by atoms with Gasteiger partial charge in [0, 0.05) is 5.56 Å². The summed E-state index contributed by atoms with van der Waals surface area (Å²) >= 11 is 3.42. The number of alkyl halides is 1. The molecule has 1 unspecified atom stereocenters. The van der Waals surface area contributed by atoms with Gasteiger partial charge in [-0.3, -0.25) is 4.79 Å². The molecule has 2 rings (SSSR count). The van der Waals surface area contributed by atoms with Gasteiger partial charge in [0.1, 0.15) is 0 Å². The van der Waals surface area contributed by atoms with E-state index < -0.39 is 4.32 Å². The largest absolute Gasteiger partial charge is 0.462 e. The third-order valence-electron chi connectivity index (χ3n) is 2.86. The molecule has 0 spiro atoms. The van der Waals surface area contributed by atoms with Crippen LogP contribution in [-0.2, 0) is 11.2 Å². The third kappa shape index (κ3) is 2.14. The van der Waals surface area contributed by atoms with E-state index in [2.05, 4.69) is 15.9 Å². The second kappa shape index (κ2) is 4.26. The Bertz CT molecular complexity index is 491. The monoisotopic (exact) mass is 296 g/mol. The minimum atomic E-state index is -0.539. The van der Waals surface area contributed by atoms with Gasteiger partial charge in [-0.25, -0.2) is 4.79 Å². The van der Waals surface area contributed by atoms with Crippen LogP contribution in [0, 0.1) is 0 Å². The SMILES string of the molecule is CCOC(=O)c1ccc2c(c1)CC(C)(Br)C2=O. The van der Waals surface area contributed by atoms with E-state index >= 15 is 0 Å². The van der Waals surface area contributed by atoms with Crippen LogP contribution in [0.5, 0.6) is 0 Å². The van der Waals surface area contributed by atoms with Crippen LogP contribution >= 0.6 is 15.9 Å². The number of carbonyl (C=O) groups is 2. The first-order valence-electron chi connectivity index (χ1n) is 5.49. The highest BCUT2D eigenvalue weighted by molar-refractivity contribution is 9.10. The molecule has 0 heterocycles. The number of benzene rings is 1. The lowest BCUT2D eigenvalue weighted by molar-refractivity contribution is 0.0526. The summed E-state index contributed by atoms with van der Waals surface area (Å²) in [5.41, 5.74) is 2.10. The second-order valence-corrected chi connectivity index (χ2v) is 6.05. The molecule has 0 amide bonds. The highest BCUT2D eigenvalue weighted by atomic mass is 79.9. The quantitative estimate of drug-likeness (QED) is 0.623. The molecule has 1 aliphatic rings. The van der Waals surface area contributed by atoms with E-state index in [0.717, 1.165) is 5.56 Å². The van der Waals surface area contributed by atoms with E-state index in [9.17, 15) is 9.59 Å². The van der Waals surface area contributed by atoms with Gasteiger partial charge in [0.05, 0.1) is 16.5 Å². The number of rotatable bonds is 2. The topological polar surface area (TPSA) is 43.4 Å². The lowest BCUT2D eigenvalue weighted by Crippen LogP contribution is -2.23. The van der Waals surface area contributed by atoms with Gasteiger partial charge in [-0.1, -0.05) is 22.0 Å². The van der Waals surface area contributed by atoms with Crippen molar-refractivity contribution < 1.29 is 14.3 Å². The van der Waals surface area contributed by atoms with Gasteiger partial charge >= 0.3 is 5.97 Å². The minimum absolute atomic E-state index is 0.0721. The third-order valence-corrected chi connectivity index (χ3v) is 3.50. The number of Topliss-reactive ketones (excluding diaryl/α,β-unsaturated/α-hetero) is 1. The first-order chi connectivity index (χ1) is 7.95. The molecule has 0 fully saturated rings. The lowest BCUT2D eigenvalue weighted by Gasteiger charge is -2.10.